The lowest BCUT2D eigenvalue weighted by Gasteiger charge is -2.37. The zero-order valence-electron chi connectivity index (χ0n) is 19.1. The maximum atomic E-state index is 14.5. The van der Waals surface area contributed by atoms with Crippen LogP contribution in [0.25, 0.3) is 11.3 Å². The van der Waals surface area contributed by atoms with Gasteiger partial charge in [0, 0.05) is 61.7 Å². The number of aromatic amines is 1. The number of hydrogen-bond acceptors (Lipinski definition) is 5. The number of halogens is 1. The molecule has 1 atom stereocenters. The lowest BCUT2D eigenvalue weighted by atomic mass is 10.00. The molecule has 2 fully saturated rings. The molecule has 33 heavy (non-hydrogen) atoms. The van der Waals surface area contributed by atoms with E-state index in [2.05, 4.69) is 15.1 Å². The number of alkyl halides is 1. The van der Waals surface area contributed by atoms with Crippen molar-refractivity contribution in [2.24, 2.45) is 5.92 Å². The van der Waals surface area contributed by atoms with E-state index in [9.17, 15) is 19.1 Å². The molecule has 1 aromatic carbocycles. The van der Waals surface area contributed by atoms with Gasteiger partial charge in [-0.1, -0.05) is 0 Å². The smallest absolute Gasteiger partial charge is 0.254 e. The zero-order valence-corrected chi connectivity index (χ0v) is 19.1. The summed E-state index contributed by atoms with van der Waals surface area (Å²) in [7, 11) is 0. The summed E-state index contributed by atoms with van der Waals surface area (Å²) in [6.07, 6.45) is 2.21. The Hall–Kier alpha value is -2.94. The van der Waals surface area contributed by atoms with E-state index in [-0.39, 0.29) is 24.3 Å². The largest absolute Gasteiger partial charge is 0.387 e. The fraction of sp³-hybridized carbons (Fsp3) is 0.542. The number of aromatic nitrogens is 2. The number of H-pyrrole nitrogens is 1. The number of aliphatic hydroxyl groups is 1. The van der Waals surface area contributed by atoms with Crippen LogP contribution in [0.15, 0.2) is 24.4 Å². The van der Waals surface area contributed by atoms with Crippen LogP contribution in [-0.2, 0) is 11.3 Å². The third-order valence-electron chi connectivity index (χ3n) is 6.88. The summed E-state index contributed by atoms with van der Waals surface area (Å²) >= 11 is 0. The van der Waals surface area contributed by atoms with Gasteiger partial charge < -0.3 is 19.8 Å². The van der Waals surface area contributed by atoms with E-state index >= 15 is 0 Å². The molecule has 0 unspecified atom stereocenters. The van der Waals surface area contributed by atoms with Crippen molar-refractivity contribution in [3.05, 3.63) is 35.5 Å². The van der Waals surface area contributed by atoms with Crippen molar-refractivity contribution >= 4 is 17.5 Å². The summed E-state index contributed by atoms with van der Waals surface area (Å²) in [5, 5.41) is 17.2. The normalized spacial score (nSPS) is 19.8. The number of nitrogens with one attached hydrogen (secondary N) is 1. The van der Waals surface area contributed by atoms with E-state index in [0.717, 1.165) is 35.3 Å². The van der Waals surface area contributed by atoms with E-state index < -0.39 is 11.8 Å². The molecule has 1 aromatic heterocycles. The second kappa shape index (κ2) is 8.13. The van der Waals surface area contributed by atoms with Crippen LogP contribution in [0, 0.1) is 5.92 Å². The second-order valence-electron chi connectivity index (χ2n) is 9.88. The molecule has 2 N–H and O–H groups in total. The Morgan fingerprint density at radius 1 is 1.24 bits per heavy atom. The number of carbonyl (C=O) groups is 2. The summed E-state index contributed by atoms with van der Waals surface area (Å²) in [6.45, 7) is 5.62. The third-order valence-corrected chi connectivity index (χ3v) is 6.88. The van der Waals surface area contributed by atoms with Crippen molar-refractivity contribution in [1.29, 1.82) is 0 Å². The van der Waals surface area contributed by atoms with Gasteiger partial charge in [-0.2, -0.15) is 5.10 Å². The first-order chi connectivity index (χ1) is 15.7. The van der Waals surface area contributed by atoms with Crippen molar-refractivity contribution in [2.75, 3.05) is 37.6 Å². The first-order valence-electron chi connectivity index (χ1n) is 11.6. The fourth-order valence-electron chi connectivity index (χ4n) is 4.61. The number of benzene rings is 1. The highest BCUT2D eigenvalue weighted by Gasteiger charge is 2.37. The number of fused-ring (bicyclic) bond motifs is 1. The van der Waals surface area contributed by atoms with Crippen molar-refractivity contribution < 1.29 is 19.1 Å². The first kappa shape index (κ1) is 21.9. The van der Waals surface area contributed by atoms with Crippen molar-refractivity contribution in [3.8, 4) is 11.3 Å². The summed E-state index contributed by atoms with van der Waals surface area (Å²) in [5.41, 5.74) is 2.45. The number of anilines is 1. The predicted octanol–water partition coefficient (Wildman–Crippen LogP) is 2.20. The van der Waals surface area contributed by atoms with E-state index in [1.54, 1.807) is 6.20 Å². The third kappa shape index (κ3) is 4.21. The van der Waals surface area contributed by atoms with Crippen LogP contribution in [0.4, 0.5) is 10.1 Å². The number of amides is 2. The number of nitrogens with zero attached hydrogens (tertiary/aromatic N) is 4. The monoisotopic (exact) mass is 455 g/mol. The quantitative estimate of drug-likeness (QED) is 0.697. The minimum atomic E-state index is -1.54. The molecule has 176 valence electrons. The van der Waals surface area contributed by atoms with Crippen LogP contribution < -0.4 is 4.90 Å². The molecule has 3 heterocycles. The molecule has 0 radical (unpaired) electrons. The Balaban J connectivity index is 1.41. The predicted molar refractivity (Wildman–Crippen MR) is 121 cm³/mol. The Labute approximate surface area is 192 Å². The standard InChI is InChI=1S/C24H30FN5O3/c1-24(2,33)21(25)14-30-13-16-11-18(19-5-6-26-27-19)20(12-17(16)23(30)32)28-7-9-29(10-8-28)22(31)15-3-4-15/h5-6,11-12,15,21,33H,3-4,7-10,13-14H2,1-2H3,(H,26,27)/t21-/m1/s1. The Morgan fingerprint density at radius 2 is 1.97 bits per heavy atom. The van der Waals surface area contributed by atoms with Crippen molar-refractivity contribution in [3.63, 3.8) is 0 Å². The average molecular weight is 456 g/mol. The Bertz CT molecular complexity index is 1050. The van der Waals surface area contributed by atoms with Gasteiger partial charge in [0.2, 0.25) is 5.91 Å². The summed E-state index contributed by atoms with van der Waals surface area (Å²) in [4.78, 5) is 31.1. The van der Waals surface area contributed by atoms with Gasteiger partial charge in [-0.05, 0) is 50.5 Å². The molecule has 2 aromatic rings. The SMILES string of the molecule is CC(C)(O)[C@H](F)CN1Cc2cc(-c3cc[nH]n3)c(N3CCN(C(=O)C4CC4)CC3)cc2C1=O. The average Bonchev–Trinajstić information content (AvgIpc) is 3.41. The van der Waals surface area contributed by atoms with E-state index in [1.807, 2.05) is 23.1 Å². The van der Waals surface area contributed by atoms with Crippen LogP contribution in [0.5, 0.6) is 0 Å². The van der Waals surface area contributed by atoms with Crippen molar-refractivity contribution in [1.82, 2.24) is 20.0 Å². The zero-order chi connectivity index (χ0) is 23.3. The molecule has 1 saturated heterocycles. The molecule has 8 nitrogen and oxygen atoms in total. The summed E-state index contributed by atoms with van der Waals surface area (Å²) < 4.78 is 14.5. The molecule has 1 saturated carbocycles. The van der Waals surface area contributed by atoms with Gasteiger partial charge in [0.05, 0.1) is 17.8 Å². The van der Waals surface area contributed by atoms with E-state index in [4.69, 9.17) is 0 Å². The highest BCUT2D eigenvalue weighted by Crippen LogP contribution is 2.38. The van der Waals surface area contributed by atoms with E-state index in [0.29, 0.717) is 38.3 Å². The van der Waals surface area contributed by atoms with Gasteiger partial charge in [0.25, 0.3) is 5.91 Å². The molecule has 2 amide bonds. The Morgan fingerprint density at radius 3 is 2.58 bits per heavy atom. The Kier molecular flexibility index (Phi) is 5.39. The van der Waals surface area contributed by atoms with Crippen LogP contribution >= 0.6 is 0 Å². The lowest BCUT2D eigenvalue weighted by Crippen LogP contribution is -2.49. The summed E-state index contributed by atoms with van der Waals surface area (Å²) in [6, 6.07) is 5.74. The number of piperazine rings is 1. The minimum Gasteiger partial charge on any atom is -0.387 e. The van der Waals surface area contributed by atoms with E-state index in [1.165, 1.54) is 18.7 Å². The molecule has 1 aliphatic carbocycles. The summed E-state index contributed by atoms with van der Waals surface area (Å²) in [5.74, 6) is 0.242. The molecule has 0 spiro atoms. The molecule has 0 bridgehead atoms. The highest BCUT2D eigenvalue weighted by atomic mass is 19.1. The van der Waals surface area contributed by atoms with Crippen molar-refractivity contribution in [2.45, 2.75) is 45.0 Å². The van der Waals surface area contributed by atoms with Gasteiger partial charge in [0.15, 0.2) is 0 Å². The van der Waals surface area contributed by atoms with Gasteiger partial charge in [-0.15, -0.1) is 0 Å². The lowest BCUT2D eigenvalue weighted by molar-refractivity contribution is -0.132. The number of carbonyl (C=O) groups excluding carboxylic acids is 2. The fourth-order valence-corrected chi connectivity index (χ4v) is 4.61. The molecule has 9 heteroatoms. The molecular formula is C24H30FN5O3. The van der Waals surface area contributed by atoms with Gasteiger partial charge in [-0.25, -0.2) is 4.39 Å². The topological polar surface area (TPSA) is 92.8 Å². The van der Waals surface area contributed by atoms with Crippen LogP contribution in [0.3, 0.4) is 0 Å². The molecular weight excluding hydrogens is 425 g/mol. The van der Waals surface area contributed by atoms with Gasteiger partial charge in [-0.3, -0.25) is 14.7 Å². The molecule has 5 rings (SSSR count). The maximum absolute atomic E-state index is 14.5. The molecule has 3 aliphatic rings. The van der Waals surface area contributed by atoms with Crippen LogP contribution in [0.2, 0.25) is 0 Å². The maximum Gasteiger partial charge on any atom is 0.254 e. The minimum absolute atomic E-state index is 0.161. The second-order valence-corrected chi connectivity index (χ2v) is 9.88. The number of rotatable bonds is 6. The first-order valence-corrected chi connectivity index (χ1v) is 11.6. The van der Waals surface area contributed by atoms with Gasteiger partial charge >= 0.3 is 0 Å². The van der Waals surface area contributed by atoms with Gasteiger partial charge in [0.1, 0.15) is 6.17 Å². The highest BCUT2D eigenvalue weighted by molar-refractivity contribution is 6.01. The van der Waals surface area contributed by atoms with Crippen LogP contribution in [-0.4, -0.2) is 81.4 Å². The number of hydrogen-bond donors (Lipinski definition) is 2. The van der Waals surface area contributed by atoms with Crippen LogP contribution in [0.1, 0.15) is 42.6 Å². The molecule has 2 aliphatic heterocycles.